The van der Waals surface area contributed by atoms with Crippen molar-refractivity contribution in [1.82, 2.24) is 14.7 Å². The minimum Gasteiger partial charge on any atom is -0.480 e. The van der Waals surface area contributed by atoms with Crippen LogP contribution in [0.3, 0.4) is 0 Å². The number of carbonyl (C=O) groups is 2. The van der Waals surface area contributed by atoms with Gasteiger partial charge in [0.25, 0.3) is 5.91 Å². The molecule has 1 N–H and O–H groups in total. The van der Waals surface area contributed by atoms with Crippen LogP contribution in [0.1, 0.15) is 23.2 Å². The zero-order chi connectivity index (χ0) is 14.5. The average Bonchev–Trinajstić information content (AvgIpc) is 3.07. The van der Waals surface area contributed by atoms with Gasteiger partial charge < -0.3 is 14.4 Å². The summed E-state index contributed by atoms with van der Waals surface area (Å²) >= 11 is 0. The number of hydrogen-bond donors (Lipinski definition) is 1. The summed E-state index contributed by atoms with van der Waals surface area (Å²) in [7, 11) is 0. The van der Waals surface area contributed by atoms with E-state index in [1.165, 1.54) is 4.90 Å². The van der Waals surface area contributed by atoms with Crippen LogP contribution >= 0.6 is 0 Å². The van der Waals surface area contributed by atoms with Gasteiger partial charge in [-0.2, -0.15) is 5.10 Å². The van der Waals surface area contributed by atoms with Crippen LogP contribution in [0, 0.1) is 0 Å². The van der Waals surface area contributed by atoms with E-state index >= 15 is 0 Å². The molecule has 0 fully saturated rings. The Kier molecular flexibility index (Phi) is 4.19. The third kappa shape index (κ3) is 3.25. The lowest BCUT2D eigenvalue weighted by molar-refractivity contribution is -0.137. The number of furan rings is 1. The van der Waals surface area contributed by atoms with Gasteiger partial charge in [-0.25, -0.2) is 0 Å². The van der Waals surface area contributed by atoms with Gasteiger partial charge in [-0.3, -0.25) is 14.3 Å². The van der Waals surface area contributed by atoms with Gasteiger partial charge in [0, 0.05) is 18.9 Å². The predicted octanol–water partition coefficient (Wildman–Crippen LogP) is 1.07. The Morgan fingerprint density at radius 1 is 1.45 bits per heavy atom. The number of hydrogen-bond acceptors (Lipinski definition) is 4. The van der Waals surface area contributed by atoms with E-state index in [9.17, 15) is 9.59 Å². The molecule has 1 amide bonds. The van der Waals surface area contributed by atoms with E-state index in [2.05, 4.69) is 5.10 Å². The van der Waals surface area contributed by atoms with Gasteiger partial charge in [-0.05, 0) is 25.1 Å². The van der Waals surface area contributed by atoms with Gasteiger partial charge in [-0.1, -0.05) is 0 Å². The SMILES string of the molecule is CCN(CC(=O)O)C(=O)c1ccc(Cn2cccn2)o1. The summed E-state index contributed by atoms with van der Waals surface area (Å²) in [5.74, 6) is -0.760. The lowest BCUT2D eigenvalue weighted by Crippen LogP contribution is -2.35. The molecule has 2 aromatic heterocycles. The standard InChI is InChI=1S/C13H15N3O4/c1-2-15(9-12(17)18)13(19)11-5-4-10(20-11)8-16-7-3-6-14-16/h3-7H,2,8-9H2,1H3,(H,17,18). The van der Waals surface area contributed by atoms with Crippen LogP contribution in [-0.4, -0.2) is 44.8 Å². The summed E-state index contributed by atoms with van der Waals surface area (Å²) in [5, 5.41) is 12.8. The fourth-order valence-electron chi connectivity index (χ4n) is 1.78. The molecule has 0 aliphatic rings. The third-order valence-electron chi connectivity index (χ3n) is 2.74. The van der Waals surface area contributed by atoms with Crippen molar-refractivity contribution in [2.75, 3.05) is 13.1 Å². The number of rotatable bonds is 6. The number of carboxylic acid groups (broad SMARTS) is 1. The molecule has 106 valence electrons. The smallest absolute Gasteiger partial charge is 0.323 e. The summed E-state index contributed by atoms with van der Waals surface area (Å²) in [6, 6.07) is 5.02. The van der Waals surface area contributed by atoms with Gasteiger partial charge in [-0.15, -0.1) is 0 Å². The molecule has 0 aromatic carbocycles. The predicted molar refractivity (Wildman–Crippen MR) is 69.3 cm³/mol. The molecule has 0 atom stereocenters. The Hall–Kier alpha value is -2.57. The zero-order valence-corrected chi connectivity index (χ0v) is 11.0. The number of likely N-dealkylation sites (N-methyl/N-ethyl adjacent to an activating group) is 1. The summed E-state index contributed by atoms with van der Waals surface area (Å²) in [6.45, 7) is 2.10. The molecule has 0 unspecified atom stereocenters. The zero-order valence-electron chi connectivity index (χ0n) is 11.0. The first kappa shape index (κ1) is 13.9. The van der Waals surface area contributed by atoms with E-state index in [1.807, 2.05) is 0 Å². The number of aliphatic carboxylic acids is 1. The summed E-state index contributed by atoms with van der Waals surface area (Å²) in [4.78, 5) is 24.0. The number of carboxylic acids is 1. The lowest BCUT2D eigenvalue weighted by Gasteiger charge is -2.16. The maximum absolute atomic E-state index is 12.1. The monoisotopic (exact) mass is 277 g/mol. The molecule has 2 aromatic rings. The number of carbonyl (C=O) groups excluding carboxylic acids is 1. The highest BCUT2D eigenvalue weighted by Gasteiger charge is 2.20. The van der Waals surface area contributed by atoms with Crippen LogP contribution in [0.4, 0.5) is 0 Å². The highest BCUT2D eigenvalue weighted by Crippen LogP contribution is 2.12. The summed E-state index contributed by atoms with van der Waals surface area (Å²) in [5.41, 5.74) is 0. The Bertz CT molecular complexity index is 589. The second kappa shape index (κ2) is 6.05. The van der Waals surface area contributed by atoms with Crippen molar-refractivity contribution in [3.05, 3.63) is 42.1 Å². The molecule has 0 bridgehead atoms. The minimum atomic E-state index is -1.05. The lowest BCUT2D eigenvalue weighted by atomic mass is 10.3. The Morgan fingerprint density at radius 2 is 2.25 bits per heavy atom. The topological polar surface area (TPSA) is 88.6 Å². The number of amides is 1. The Balaban J connectivity index is 2.07. The molecule has 0 saturated carbocycles. The van der Waals surface area contributed by atoms with E-state index in [0.717, 1.165) is 0 Å². The maximum Gasteiger partial charge on any atom is 0.323 e. The van der Waals surface area contributed by atoms with E-state index in [-0.39, 0.29) is 12.3 Å². The van der Waals surface area contributed by atoms with Crippen molar-refractivity contribution in [2.24, 2.45) is 0 Å². The summed E-state index contributed by atoms with van der Waals surface area (Å²) < 4.78 is 7.11. The van der Waals surface area contributed by atoms with Crippen molar-refractivity contribution >= 4 is 11.9 Å². The van der Waals surface area contributed by atoms with Crippen molar-refractivity contribution in [1.29, 1.82) is 0 Å². The van der Waals surface area contributed by atoms with Crippen molar-refractivity contribution in [3.63, 3.8) is 0 Å². The number of nitrogens with zero attached hydrogens (tertiary/aromatic N) is 3. The third-order valence-corrected chi connectivity index (χ3v) is 2.74. The van der Waals surface area contributed by atoms with Gasteiger partial charge in [0.05, 0.1) is 6.54 Å². The van der Waals surface area contributed by atoms with Crippen molar-refractivity contribution < 1.29 is 19.1 Å². The van der Waals surface area contributed by atoms with Crippen LogP contribution in [0.2, 0.25) is 0 Å². The Morgan fingerprint density at radius 3 is 2.85 bits per heavy atom. The van der Waals surface area contributed by atoms with Crippen LogP contribution < -0.4 is 0 Å². The van der Waals surface area contributed by atoms with Gasteiger partial charge in [0.2, 0.25) is 0 Å². The molecule has 7 heteroatoms. The number of aromatic nitrogens is 2. The van der Waals surface area contributed by atoms with E-state index in [1.54, 1.807) is 42.2 Å². The summed E-state index contributed by atoms with van der Waals surface area (Å²) in [6.07, 6.45) is 3.44. The molecule has 0 aliphatic heterocycles. The second-order valence-corrected chi connectivity index (χ2v) is 4.18. The van der Waals surface area contributed by atoms with Crippen LogP contribution in [0.5, 0.6) is 0 Å². The van der Waals surface area contributed by atoms with Gasteiger partial charge >= 0.3 is 5.97 Å². The first-order chi connectivity index (χ1) is 9.60. The van der Waals surface area contributed by atoms with Crippen molar-refractivity contribution in [2.45, 2.75) is 13.5 Å². The molecule has 0 spiro atoms. The van der Waals surface area contributed by atoms with Crippen LogP contribution in [-0.2, 0) is 11.3 Å². The highest BCUT2D eigenvalue weighted by atomic mass is 16.4. The average molecular weight is 277 g/mol. The maximum atomic E-state index is 12.1. The van der Waals surface area contributed by atoms with Gasteiger partial charge in [0.1, 0.15) is 12.3 Å². The van der Waals surface area contributed by atoms with Gasteiger partial charge in [0.15, 0.2) is 5.76 Å². The Labute approximate surface area is 115 Å². The quantitative estimate of drug-likeness (QED) is 0.853. The first-order valence-corrected chi connectivity index (χ1v) is 6.17. The molecule has 0 radical (unpaired) electrons. The molecule has 2 rings (SSSR count). The normalized spacial score (nSPS) is 10.4. The van der Waals surface area contributed by atoms with Crippen LogP contribution in [0.25, 0.3) is 0 Å². The van der Waals surface area contributed by atoms with E-state index in [4.69, 9.17) is 9.52 Å². The van der Waals surface area contributed by atoms with E-state index < -0.39 is 11.9 Å². The second-order valence-electron chi connectivity index (χ2n) is 4.18. The molecule has 20 heavy (non-hydrogen) atoms. The van der Waals surface area contributed by atoms with E-state index in [0.29, 0.717) is 18.8 Å². The first-order valence-electron chi connectivity index (χ1n) is 6.17. The van der Waals surface area contributed by atoms with Crippen LogP contribution in [0.15, 0.2) is 35.0 Å². The molecule has 2 heterocycles. The van der Waals surface area contributed by atoms with Crippen molar-refractivity contribution in [3.8, 4) is 0 Å². The largest absolute Gasteiger partial charge is 0.480 e. The fraction of sp³-hybridized carbons (Fsp3) is 0.308. The molecule has 7 nitrogen and oxygen atoms in total. The minimum absolute atomic E-state index is 0.134. The molecule has 0 saturated heterocycles. The fourth-order valence-corrected chi connectivity index (χ4v) is 1.78. The molecule has 0 aliphatic carbocycles. The molecular formula is C13H15N3O4. The highest BCUT2D eigenvalue weighted by molar-refractivity contribution is 5.93. The molecular weight excluding hydrogens is 262 g/mol.